The largest absolute Gasteiger partial charge is 0.378 e. The summed E-state index contributed by atoms with van der Waals surface area (Å²) in [7, 11) is 0. The summed E-state index contributed by atoms with van der Waals surface area (Å²) in [6, 6.07) is 0. The molecule has 1 fully saturated rings. The average Bonchev–Trinajstić information content (AvgIpc) is 2.76. The Hall–Kier alpha value is -0.610. The Morgan fingerprint density at radius 1 is 1.31 bits per heavy atom. The maximum Gasteiger partial charge on any atom is 0.222 e. The zero-order chi connectivity index (χ0) is 11.6. The van der Waals surface area contributed by atoms with Crippen LogP contribution in [0.5, 0.6) is 0 Å². The van der Waals surface area contributed by atoms with Gasteiger partial charge in [-0.25, -0.2) is 0 Å². The number of carbonyl (C=O) groups excluding carboxylic acids is 1. The van der Waals surface area contributed by atoms with Crippen LogP contribution in [0.2, 0.25) is 0 Å². The SMILES string of the molecule is NCCCCCCNC(=O)CC1CCCO1. The molecule has 0 aromatic rings. The molecule has 1 saturated heterocycles. The Kier molecular flexibility index (Phi) is 7.17. The molecule has 0 aromatic heterocycles. The summed E-state index contributed by atoms with van der Waals surface area (Å²) in [5.74, 6) is 0.130. The molecule has 1 aliphatic rings. The maximum atomic E-state index is 11.5. The van der Waals surface area contributed by atoms with Crippen molar-refractivity contribution in [2.45, 2.75) is 51.0 Å². The van der Waals surface area contributed by atoms with Crippen LogP contribution in [0, 0.1) is 0 Å². The predicted octanol–water partition coefficient (Wildman–Crippen LogP) is 1.19. The van der Waals surface area contributed by atoms with Crippen LogP contribution in [0.3, 0.4) is 0 Å². The predicted molar refractivity (Wildman–Crippen MR) is 64.1 cm³/mol. The summed E-state index contributed by atoms with van der Waals surface area (Å²) < 4.78 is 5.41. The van der Waals surface area contributed by atoms with Crippen LogP contribution in [0.25, 0.3) is 0 Å². The number of hydrogen-bond donors (Lipinski definition) is 2. The monoisotopic (exact) mass is 228 g/mol. The molecule has 94 valence electrons. The van der Waals surface area contributed by atoms with E-state index in [1.165, 1.54) is 0 Å². The summed E-state index contributed by atoms with van der Waals surface area (Å²) in [5.41, 5.74) is 5.40. The van der Waals surface area contributed by atoms with Gasteiger partial charge in [-0.15, -0.1) is 0 Å². The van der Waals surface area contributed by atoms with Crippen molar-refractivity contribution in [1.29, 1.82) is 0 Å². The highest BCUT2D eigenvalue weighted by molar-refractivity contribution is 5.76. The topological polar surface area (TPSA) is 64.3 Å². The van der Waals surface area contributed by atoms with Crippen molar-refractivity contribution < 1.29 is 9.53 Å². The van der Waals surface area contributed by atoms with Gasteiger partial charge in [0.15, 0.2) is 0 Å². The van der Waals surface area contributed by atoms with Crippen LogP contribution < -0.4 is 11.1 Å². The highest BCUT2D eigenvalue weighted by Crippen LogP contribution is 2.14. The van der Waals surface area contributed by atoms with E-state index in [0.717, 1.165) is 58.2 Å². The Bertz CT molecular complexity index is 191. The Morgan fingerprint density at radius 3 is 2.81 bits per heavy atom. The summed E-state index contributed by atoms with van der Waals surface area (Å²) in [5, 5.41) is 2.94. The zero-order valence-corrected chi connectivity index (χ0v) is 10.0. The number of unbranched alkanes of at least 4 members (excludes halogenated alkanes) is 3. The first kappa shape index (κ1) is 13.5. The quantitative estimate of drug-likeness (QED) is 0.613. The first-order chi connectivity index (χ1) is 7.83. The number of ether oxygens (including phenoxy) is 1. The molecule has 0 spiro atoms. The molecule has 0 aliphatic carbocycles. The fraction of sp³-hybridized carbons (Fsp3) is 0.917. The van der Waals surface area contributed by atoms with Gasteiger partial charge in [-0.05, 0) is 32.2 Å². The van der Waals surface area contributed by atoms with Gasteiger partial charge in [-0.2, -0.15) is 0 Å². The van der Waals surface area contributed by atoms with Gasteiger partial charge in [0.2, 0.25) is 5.91 Å². The van der Waals surface area contributed by atoms with Crippen molar-refractivity contribution in [3.05, 3.63) is 0 Å². The fourth-order valence-corrected chi connectivity index (χ4v) is 1.93. The summed E-state index contributed by atoms with van der Waals surface area (Å²) >= 11 is 0. The minimum absolute atomic E-state index is 0.130. The molecule has 4 heteroatoms. The number of hydrogen-bond acceptors (Lipinski definition) is 3. The van der Waals surface area contributed by atoms with Gasteiger partial charge in [0.1, 0.15) is 0 Å². The summed E-state index contributed by atoms with van der Waals surface area (Å²) in [6.07, 6.45) is 7.28. The molecule has 1 amide bonds. The molecule has 0 aromatic carbocycles. The third kappa shape index (κ3) is 6.08. The molecular weight excluding hydrogens is 204 g/mol. The maximum absolute atomic E-state index is 11.5. The number of rotatable bonds is 8. The van der Waals surface area contributed by atoms with Gasteiger partial charge >= 0.3 is 0 Å². The van der Waals surface area contributed by atoms with Crippen molar-refractivity contribution in [3.8, 4) is 0 Å². The van der Waals surface area contributed by atoms with Gasteiger partial charge in [0, 0.05) is 13.2 Å². The van der Waals surface area contributed by atoms with Crippen LogP contribution in [0.4, 0.5) is 0 Å². The lowest BCUT2D eigenvalue weighted by atomic mass is 10.1. The minimum atomic E-state index is 0.130. The van der Waals surface area contributed by atoms with Gasteiger partial charge in [0.05, 0.1) is 12.5 Å². The molecule has 1 unspecified atom stereocenters. The van der Waals surface area contributed by atoms with Crippen molar-refractivity contribution in [3.63, 3.8) is 0 Å². The molecule has 1 heterocycles. The lowest BCUT2D eigenvalue weighted by Crippen LogP contribution is -2.28. The van der Waals surface area contributed by atoms with E-state index in [1.807, 2.05) is 0 Å². The third-order valence-electron chi connectivity index (χ3n) is 2.89. The van der Waals surface area contributed by atoms with E-state index in [1.54, 1.807) is 0 Å². The van der Waals surface area contributed by atoms with E-state index < -0.39 is 0 Å². The van der Waals surface area contributed by atoms with Crippen LogP contribution in [0.1, 0.15) is 44.9 Å². The van der Waals surface area contributed by atoms with Crippen LogP contribution in [-0.2, 0) is 9.53 Å². The second-order valence-electron chi connectivity index (χ2n) is 4.39. The van der Waals surface area contributed by atoms with E-state index in [0.29, 0.717) is 6.42 Å². The second-order valence-corrected chi connectivity index (χ2v) is 4.39. The fourth-order valence-electron chi connectivity index (χ4n) is 1.93. The van der Waals surface area contributed by atoms with E-state index in [4.69, 9.17) is 10.5 Å². The van der Waals surface area contributed by atoms with Crippen molar-refractivity contribution in [2.24, 2.45) is 5.73 Å². The first-order valence-electron chi connectivity index (χ1n) is 6.41. The first-order valence-corrected chi connectivity index (χ1v) is 6.41. The number of amides is 1. The molecule has 1 rings (SSSR count). The standard InChI is InChI=1S/C12H24N2O2/c13-7-3-1-2-4-8-14-12(15)10-11-6-5-9-16-11/h11H,1-10,13H2,(H,14,15). The molecule has 1 atom stereocenters. The van der Waals surface area contributed by atoms with Crippen LogP contribution in [0.15, 0.2) is 0 Å². The van der Waals surface area contributed by atoms with Crippen molar-refractivity contribution >= 4 is 5.91 Å². The molecule has 0 bridgehead atoms. The van der Waals surface area contributed by atoms with E-state index in [9.17, 15) is 4.79 Å². The summed E-state index contributed by atoms with van der Waals surface area (Å²) in [4.78, 5) is 11.5. The van der Waals surface area contributed by atoms with Gasteiger partial charge in [0.25, 0.3) is 0 Å². The molecule has 0 saturated carbocycles. The summed E-state index contributed by atoms with van der Waals surface area (Å²) in [6.45, 7) is 2.37. The number of nitrogens with one attached hydrogen (secondary N) is 1. The molecule has 0 radical (unpaired) electrons. The number of carbonyl (C=O) groups is 1. The normalized spacial score (nSPS) is 19.9. The van der Waals surface area contributed by atoms with Crippen LogP contribution >= 0.6 is 0 Å². The Balaban J connectivity index is 1.89. The second kappa shape index (κ2) is 8.53. The van der Waals surface area contributed by atoms with Crippen molar-refractivity contribution in [1.82, 2.24) is 5.32 Å². The van der Waals surface area contributed by atoms with E-state index in [-0.39, 0.29) is 12.0 Å². The van der Waals surface area contributed by atoms with E-state index in [2.05, 4.69) is 5.32 Å². The van der Waals surface area contributed by atoms with Gasteiger partial charge in [-0.1, -0.05) is 12.8 Å². The Morgan fingerprint density at radius 2 is 2.12 bits per heavy atom. The smallest absolute Gasteiger partial charge is 0.222 e. The number of nitrogens with two attached hydrogens (primary N) is 1. The average molecular weight is 228 g/mol. The molecule has 4 nitrogen and oxygen atoms in total. The zero-order valence-electron chi connectivity index (χ0n) is 10.0. The minimum Gasteiger partial charge on any atom is -0.378 e. The molecule has 16 heavy (non-hydrogen) atoms. The Labute approximate surface area is 97.9 Å². The van der Waals surface area contributed by atoms with Crippen molar-refractivity contribution in [2.75, 3.05) is 19.7 Å². The lowest BCUT2D eigenvalue weighted by molar-refractivity contribution is -0.123. The molecule has 3 N–H and O–H groups in total. The van der Waals surface area contributed by atoms with Crippen LogP contribution in [-0.4, -0.2) is 31.7 Å². The third-order valence-corrected chi connectivity index (χ3v) is 2.89. The lowest BCUT2D eigenvalue weighted by Gasteiger charge is -2.09. The molecule has 1 aliphatic heterocycles. The van der Waals surface area contributed by atoms with Gasteiger partial charge in [-0.3, -0.25) is 4.79 Å². The van der Waals surface area contributed by atoms with E-state index >= 15 is 0 Å². The highest BCUT2D eigenvalue weighted by atomic mass is 16.5. The van der Waals surface area contributed by atoms with Gasteiger partial charge < -0.3 is 15.8 Å². The highest BCUT2D eigenvalue weighted by Gasteiger charge is 2.18. The molecular formula is C12H24N2O2.